The Labute approximate surface area is 289 Å². The Morgan fingerprint density at radius 2 is 1.90 bits per heavy atom. The number of carbonyl (C=O) groups excluding carboxylic acids is 4. The number of carbonyl (C=O) groups is 4. The quantitative estimate of drug-likeness (QED) is 0.0941. The van der Waals surface area contributed by atoms with Gasteiger partial charge < -0.3 is 33.0 Å². The first kappa shape index (κ1) is 34.5. The highest BCUT2D eigenvalue weighted by Gasteiger charge is 2.50. The topological polar surface area (TPSA) is 159 Å². The number of ether oxygens (including phenoxy) is 6. The van der Waals surface area contributed by atoms with E-state index in [1.54, 1.807) is 29.7 Å². The molecule has 258 valence electrons. The van der Waals surface area contributed by atoms with Crippen molar-refractivity contribution >= 4 is 50.7 Å². The fraction of sp³-hybridized carbons (Fsp3) is 0.429. The van der Waals surface area contributed by atoms with Crippen molar-refractivity contribution in [3.8, 4) is 11.4 Å². The number of fused-ring (bicyclic) bond motifs is 5. The van der Waals surface area contributed by atoms with Crippen LogP contribution in [0.5, 0.6) is 0 Å². The molecule has 0 bridgehead atoms. The maximum atomic E-state index is 14.1. The number of hydrogen-bond donors (Lipinski definition) is 0. The molecule has 6 rings (SSSR count). The van der Waals surface area contributed by atoms with Crippen molar-refractivity contribution in [2.24, 2.45) is 0 Å². The Morgan fingerprint density at radius 1 is 1.10 bits per heavy atom. The Bertz CT molecular complexity index is 1920. The lowest BCUT2D eigenvalue weighted by Crippen LogP contribution is -2.47. The minimum Gasteiger partial charge on any atom is -0.463 e. The molecule has 1 aromatic carbocycles. The predicted molar refractivity (Wildman–Crippen MR) is 176 cm³/mol. The van der Waals surface area contributed by atoms with Crippen molar-refractivity contribution in [2.45, 2.75) is 83.9 Å². The van der Waals surface area contributed by atoms with E-state index in [9.17, 15) is 24.0 Å². The number of benzene rings is 1. The highest BCUT2D eigenvalue weighted by Crippen LogP contribution is 2.42. The summed E-state index contributed by atoms with van der Waals surface area (Å²) in [5, 5.41) is 1.40. The average Bonchev–Trinajstić information content (AvgIpc) is 3.45. The molecule has 0 N–H and O–H groups in total. The smallest absolute Gasteiger partial charge is 0.355 e. The van der Waals surface area contributed by atoms with E-state index in [1.807, 2.05) is 24.3 Å². The summed E-state index contributed by atoms with van der Waals surface area (Å²) in [5.74, 6) is -2.31. The van der Waals surface area contributed by atoms with E-state index in [0.717, 1.165) is 16.5 Å². The summed E-state index contributed by atoms with van der Waals surface area (Å²) in [4.78, 5) is 68.3. The molecule has 0 amide bonds. The molecule has 0 aliphatic carbocycles. The normalized spacial score (nSPS) is 22.1. The van der Waals surface area contributed by atoms with Crippen LogP contribution in [0, 0.1) is 0 Å². The molecule has 0 saturated heterocycles. The summed E-state index contributed by atoms with van der Waals surface area (Å²) >= 11 is 3.31. The lowest BCUT2D eigenvalue weighted by atomic mass is 9.85. The van der Waals surface area contributed by atoms with Gasteiger partial charge in [-0.15, -0.1) is 0 Å². The molecule has 0 spiro atoms. The van der Waals surface area contributed by atoms with Gasteiger partial charge in [-0.2, -0.15) is 0 Å². The van der Waals surface area contributed by atoms with Crippen LogP contribution < -0.4 is 5.56 Å². The molecule has 3 aromatic rings. The van der Waals surface area contributed by atoms with Gasteiger partial charge in [0.2, 0.25) is 5.60 Å². The molecular weight excluding hydrogens is 704 g/mol. The lowest BCUT2D eigenvalue weighted by Gasteiger charge is -2.35. The van der Waals surface area contributed by atoms with Gasteiger partial charge in [-0.3, -0.25) is 19.2 Å². The number of esters is 4. The highest BCUT2D eigenvalue weighted by atomic mass is 79.9. The number of para-hydroxylation sites is 1. The minimum atomic E-state index is -1.77. The number of nitrogens with zero attached hydrogens (tertiary/aromatic N) is 2. The Kier molecular flexibility index (Phi) is 10.00. The summed E-state index contributed by atoms with van der Waals surface area (Å²) in [6, 6.07) is 9.22. The van der Waals surface area contributed by atoms with Gasteiger partial charge in [0.1, 0.15) is 25.4 Å². The van der Waals surface area contributed by atoms with E-state index in [-0.39, 0.29) is 50.3 Å². The molecule has 3 aliphatic rings. The largest absolute Gasteiger partial charge is 0.463 e. The second-order valence-corrected chi connectivity index (χ2v) is 12.7. The molecule has 0 saturated carbocycles. The summed E-state index contributed by atoms with van der Waals surface area (Å²) in [7, 11) is 0. The molecule has 5 heterocycles. The molecule has 13 nitrogen and oxygen atoms in total. The fourth-order valence-corrected chi connectivity index (χ4v) is 6.69. The van der Waals surface area contributed by atoms with Gasteiger partial charge in [-0.05, 0) is 42.7 Å². The summed E-state index contributed by atoms with van der Waals surface area (Å²) in [5.41, 5.74) is 1.60. The number of hydrogen-bond acceptors (Lipinski definition) is 12. The summed E-state index contributed by atoms with van der Waals surface area (Å²) < 4.78 is 35.6. The Balaban J connectivity index is 1.37. The van der Waals surface area contributed by atoms with E-state index in [2.05, 4.69) is 15.9 Å². The van der Waals surface area contributed by atoms with Gasteiger partial charge in [-0.1, -0.05) is 41.1 Å². The molecule has 2 aromatic heterocycles. The van der Waals surface area contributed by atoms with Crippen molar-refractivity contribution in [1.82, 2.24) is 9.55 Å². The lowest BCUT2D eigenvalue weighted by molar-refractivity contribution is -0.200. The number of pyridine rings is 2. The van der Waals surface area contributed by atoms with E-state index < -0.39 is 48.0 Å². The van der Waals surface area contributed by atoms with Crippen molar-refractivity contribution in [1.29, 1.82) is 0 Å². The maximum absolute atomic E-state index is 14.1. The van der Waals surface area contributed by atoms with Crippen molar-refractivity contribution in [3.05, 3.63) is 75.1 Å². The van der Waals surface area contributed by atoms with Crippen LogP contribution in [0.4, 0.5) is 0 Å². The SMILES string of the molecule is CC[C@@]1(OC(=O)CCCBr)C(=O)OCc2c1cc1n(c2=O)Cc2c-1nc1ccccc1c2CO[C@H]1C=C[C@H](OC(C)=O)[C@@H](COC(C)=O)O1. The first-order valence-electron chi connectivity index (χ1n) is 15.9. The van der Waals surface area contributed by atoms with Gasteiger partial charge in [0.15, 0.2) is 6.29 Å². The number of cyclic esters (lactones) is 1. The fourth-order valence-electron chi connectivity index (χ4n) is 6.41. The van der Waals surface area contributed by atoms with Crippen LogP contribution in [0.25, 0.3) is 22.3 Å². The van der Waals surface area contributed by atoms with Gasteiger partial charge in [0.25, 0.3) is 5.56 Å². The van der Waals surface area contributed by atoms with E-state index in [0.29, 0.717) is 34.2 Å². The van der Waals surface area contributed by atoms with Crippen LogP contribution in [0.3, 0.4) is 0 Å². The van der Waals surface area contributed by atoms with E-state index >= 15 is 0 Å². The van der Waals surface area contributed by atoms with Crippen molar-refractivity contribution in [3.63, 3.8) is 0 Å². The molecular formula is C35H35BrN2O11. The predicted octanol–water partition coefficient (Wildman–Crippen LogP) is 4.10. The van der Waals surface area contributed by atoms with Gasteiger partial charge in [-0.25, -0.2) is 9.78 Å². The zero-order valence-electron chi connectivity index (χ0n) is 27.2. The molecule has 3 aliphatic heterocycles. The van der Waals surface area contributed by atoms with Crippen LogP contribution in [0.2, 0.25) is 0 Å². The first-order valence-corrected chi connectivity index (χ1v) is 17.1. The molecule has 14 heteroatoms. The monoisotopic (exact) mass is 738 g/mol. The van der Waals surface area contributed by atoms with Gasteiger partial charge in [0, 0.05) is 42.1 Å². The van der Waals surface area contributed by atoms with Crippen molar-refractivity contribution < 1.29 is 47.6 Å². The second-order valence-electron chi connectivity index (χ2n) is 11.9. The summed E-state index contributed by atoms with van der Waals surface area (Å²) in [6.07, 6.45) is 1.49. The Morgan fingerprint density at radius 3 is 2.63 bits per heavy atom. The van der Waals surface area contributed by atoms with Gasteiger partial charge >= 0.3 is 23.9 Å². The standard InChI is InChI=1S/C35H35BrN2O11/c1-4-35(49-30(41)10-7-13-36)25-14-27-32-22(15-38(27)33(42)24(25)17-46-34(35)43)23(21-8-5-6-9-26(21)37-32)16-45-31-12-11-28(47-20(3)40)29(48-31)18-44-19(2)39/h5-6,8-9,11-12,14,28-29,31H,4,7,10,13,15-18H2,1-3H3/t28-,29+,31+,35-/m0/s1. The number of halogens is 1. The third kappa shape index (κ3) is 6.64. The zero-order valence-corrected chi connectivity index (χ0v) is 28.8. The van der Waals surface area contributed by atoms with Crippen LogP contribution >= 0.6 is 15.9 Å². The van der Waals surface area contributed by atoms with E-state index in [4.69, 9.17) is 33.4 Å². The number of alkyl halides is 1. The zero-order chi connectivity index (χ0) is 34.9. The summed E-state index contributed by atoms with van der Waals surface area (Å²) in [6.45, 7) is 4.09. The molecule has 0 fully saturated rings. The first-order chi connectivity index (χ1) is 23.6. The van der Waals surface area contributed by atoms with Crippen LogP contribution in [-0.4, -0.2) is 63.9 Å². The van der Waals surface area contributed by atoms with Crippen LogP contribution in [0.1, 0.15) is 62.3 Å². The van der Waals surface area contributed by atoms with Crippen LogP contribution in [0.15, 0.2) is 47.3 Å². The Hall–Kier alpha value is -4.40. The average molecular weight is 740 g/mol. The van der Waals surface area contributed by atoms with Crippen molar-refractivity contribution in [2.75, 3.05) is 11.9 Å². The van der Waals surface area contributed by atoms with E-state index in [1.165, 1.54) is 13.8 Å². The molecule has 0 radical (unpaired) electrons. The second kappa shape index (κ2) is 14.2. The highest BCUT2D eigenvalue weighted by molar-refractivity contribution is 9.09. The van der Waals surface area contributed by atoms with Gasteiger partial charge in [0.05, 0.1) is 35.6 Å². The van der Waals surface area contributed by atoms with Crippen LogP contribution in [-0.2, 0) is 73.0 Å². The molecule has 49 heavy (non-hydrogen) atoms. The molecule has 0 unspecified atom stereocenters. The maximum Gasteiger partial charge on any atom is 0.355 e. The number of aromatic nitrogens is 2. The molecule has 4 atom stereocenters. The minimum absolute atomic E-state index is 0.0486. The third-order valence-electron chi connectivity index (χ3n) is 8.76. The third-order valence-corrected chi connectivity index (χ3v) is 9.32. The number of rotatable bonds is 11.